The van der Waals surface area contributed by atoms with Crippen molar-refractivity contribution in [1.29, 1.82) is 0 Å². The highest BCUT2D eigenvalue weighted by Crippen LogP contribution is 2.28. The number of amides is 1. The van der Waals surface area contributed by atoms with Crippen LogP contribution in [-0.2, 0) is 14.8 Å². The number of sulfonamides is 1. The number of hydrogen-bond acceptors (Lipinski definition) is 3. The van der Waals surface area contributed by atoms with E-state index in [2.05, 4.69) is 5.32 Å². The molecule has 0 aliphatic heterocycles. The summed E-state index contributed by atoms with van der Waals surface area (Å²) in [6.07, 6.45) is 1.51. The molecule has 2 rings (SSSR count). The molecule has 2 aromatic carbocycles. The fourth-order valence-corrected chi connectivity index (χ4v) is 4.50. The third-order valence-corrected chi connectivity index (χ3v) is 6.03. The highest BCUT2D eigenvalue weighted by Gasteiger charge is 2.33. The van der Waals surface area contributed by atoms with Crippen molar-refractivity contribution in [2.45, 2.75) is 53.1 Å². The van der Waals surface area contributed by atoms with E-state index in [1.165, 1.54) is 4.31 Å². The minimum Gasteiger partial charge on any atom is -0.348 e. The van der Waals surface area contributed by atoms with Crippen molar-refractivity contribution in [2.75, 3.05) is 10.6 Å². The minimum atomic E-state index is -3.65. The van der Waals surface area contributed by atoms with Gasteiger partial charge >= 0.3 is 0 Å². The average Bonchev–Trinajstić information content (AvgIpc) is 2.61. The van der Waals surface area contributed by atoms with Gasteiger partial charge in [0.1, 0.15) is 6.04 Å². The summed E-state index contributed by atoms with van der Waals surface area (Å²) in [6, 6.07) is 12.5. The Labute approximate surface area is 168 Å². The van der Waals surface area contributed by atoms with Crippen LogP contribution in [0.25, 0.3) is 0 Å². The molecule has 1 N–H and O–H groups in total. The van der Waals surface area contributed by atoms with Crippen molar-refractivity contribution in [3.05, 3.63) is 64.7 Å². The fraction of sp³-hybridized carbons (Fsp3) is 0.409. The highest BCUT2D eigenvalue weighted by atomic mass is 32.2. The molecule has 28 heavy (non-hydrogen) atoms. The summed E-state index contributed by atoms with van der Waals surface area (Å²) in [4.78, 5) is 13.1. The Morgan fingerprint density at radius 1 is 1.04 bits per heavy atom. The molecule has 0 aliphatic rings. The zero-order valence-electron chi connectivity index (χ0n) is 17.5. The number of carbonyl (C=O) groups is 1. The second-order valence-electron chi connectivity index (χ2n) is 7.41. The van der Waals surface area contributed by atoms with Crippen LogP contribution >= 0.6 is 0 Å². The predicted molar refractivity (Wildman–Crippen MR) is 115 cm³/mol. The van der Waals surface area contributed by atoms with Gasteiger partial charge in [0.25, 0.3) is 0 Å². The molecule has 0 heterocycles. The molecule has 6 heteroatoms. The molecule has 2 aromatic rings. The molecular formula is C22H30N2O3S. The SMILES string of the molecule is CC[C@H](C(=O)N[C@@H](C)c1ccc(C)cc1)N(c1cc(C)ccc1C)S(C)(=O)=O. The molecule has 2 atom stereocenters. The summed E-state index contributed by atoms with van der Waals surface area (Å²) in [6.45, 7) is 9.49. The Morgan fingerprint density at radius 3 is 2.14 bits per heavy atom. The Kier molecular flexibility index (Phi) is 6.88. The zero-order valence-corrected chi connectivity index (χ0v) is 18.3. The summed E-state index contributed by atoms with van der Waals surface area (Å²) in [5, 5.41) is 2.98. The standard InChI is InChI=1S/C22H30N2O3S/c1-7-20(22(25)23-18(5)19-12-9-15(2)10-13-19)24(28(6,26)27)21-14-16(3)8-11-17(21)4/h8-14,18,20H,7H2,1-6H3,(H,23,25)/t18-,20+/m0/s1. The maximum atomic E-state index is 13.1. The van der Waals surface area contributed by atoms with E-state index >= 15 is 0 Å². The van der Waals surface area contributed by atoms with Crippen molar-refractivity contribution in [1.82, 2.24) is 5.32 Å². The number of anilines is 1. The van der Waals surface area contributed by atoms with E-state index in [-0.39, 0.29) is 11.9 Å². The van der Waals surface area contributed by atoms with Crippen molar-refractivity contribution < 1.29 is 13.2 Å². The number of nitrogens with zero attached hydrogens (tertiary/aromatic N) is 1. The minimum absolute atomic E-state index is 0.220. The quantitative estimate of drug-likeness (QED) is 0.760. The molecule has 0 aliphatic carbocycles. The van der Waals surface area contributed by atoms with E-state index in [1.54, 1.807) is 0 Å². The Bertz CT molecular complexity index is 937. The summed E-state index contributed by atoms with van der Waals surface area (Å²) in [7, 11) is -3.65. The smallest absolute Gasteiger partial charge is 0.244 e. The predicted octanol–water partition coefficient (Wildman–Crippen LogP) is 4.03. The summed E-state index contributed by atoms with van der Waals surface area (Å²) in [5.74, 6) is -0.304. The molecule has 0 saturated carbocycles. The molecule has 1 amide bonds. The van der Waals surface area contributed by atoms with Gasteiger partial charge in [-0.15, -0.1) is 0 Å². The Hall–Kier alpha value is -2.34. The first kappa shape index (κ1) is 22.0. The van der Waals surface area contributed by atoms with Gasteiger partial charge in [0.05, 0.1) is 18.0 Å². The van der Waals surface area contributed by atoms with Crippen LogP contribution in [0.15, 0.2) is 42.5 Å². The third kappa shape index (κ3) is 5.13. The Balaban J connectivity index is 2.36. The van der Waals surface area contributed by atoms with Crippen molar-refractivity contribution in [3.63, 3.8) is 0 Å². The number of carbonyl (C=O) groups excluding carboxylic acids is 1. The number of benzene rings is 2. The largest absolute Gasteiger partial charge is 0.348 e. The lowest BCUT2D eigenvalue weighted by atomic mass is 10.1. The maximum absolute atomic E-state index is 13.1. The van der Waals surface area contributed by atoms with E-state index in [0.29, 0.717) is 12.1 Å². The van der Waals surface area contributed by atoms with Gasteiger partial charge in [-0.1, -0.05) is 48.9 Å². The number of hydrogen-bond donors (Lipinski definition) is 1. The first-order valence-electron chi connectivity index (χ1n) is 9.48. The topological polar surface area (TPSA) is 66.5 Å². The molecule has 0 radical (unpaired) electrons. The van der Waals surface area contributed by atoms with Gasteiger partial charge in [-0.25, -0.2) is 8.42 Å². The normalized spacial score (nSPS) is 13.6. The van der Waals surface area contributed by atoms with Crippen LogP contribution in [0.1, 0.15) is 48.6 Å². The second-order valence-corrected chi connectivity index (χ2v) is 9.27. The van der Waals surface area contributed by atoms with Crippen molar-refractivity contribution >= 4 is 21.6 Å². The van der Waals surface area contributed by atoms with E-state index in [1.807, 2.05) is 77.1 Å². The third-order valence-electron chi connectivity index (χ3n) is 4.87. The van der Waals surface area contributed by atoms with E-state index < -0.39 is 16.1 Å². The molecule has 0 saturated heterocycles. The lowest BCUT2D eigenvalue weighted by Crippen LogP contribution is -2.50. The van der Waals surface area contributed by atoms with E-state index in [9.17, 15) is 13.2 Å². The molecule has 5 nitrogen and oxygen atoms in total. The summed E-state index contributed by atoms with van der Waals surface area (Å²) < 4.78 is 26.5. The first-order chi connectivity index (χ1) is 13.0. The van der Waals surface area contributed by atoms with Gasteiger partial charge < -0.3 is 5.32 Å². The van der Waals surface area contributed by atoms with Crippen molar-refractivity contribution in [3.8, 4) is 0 Å². The molecule has 152 valence electrons. The number of aryl methyl sites for hydroxylation is 3. The zero-order chi connectivity index (χ0) is 21.1. The molecule has 0 aromatic heterocycles. The molecule has 0 spiro atoms. The van der Waals surface area contributed by atoms with Crippen LogP contribution in [0, 0.1) is 20.8 Å². The van der Waals surface area contributed by atoms with Gasteiger partial charge in [-0.2, -0.15) is 0 Å². The number of rotatable bonds is 7. The first-order valence-corrected chi connectivity index (χ1v) is 11.3. The van der Waals surface area contributed by atoms with Crippen LogP contribution in [0.5, 0.6) is 0 Å². The molecule has 0 unspecified atom stereocenters. The summed E-state index contributed by atoms with van der Waals surface area (Å²) >= 11 is 0. The van der Waals surface area contributed by atoms with Crippen LogP contribution < -0.4 is 9.62 Å². The molecular weight excluding hydrogens is 372 g/mol. The van der Waals surface area contributed by atoms with E-state index in [4.69, 9.17) is 0 Å². The lowest BCUT2D eigenvalue weighted by Gasteiger charge is -2.32. The van der Waals surface area contributed by atoms with Crippen LogP contribution in [0.3, 0.4) is 0 Å². The van der Waals surface area contributed by atoms with Gasteiger partial charge in [0.2, 0.25) is 15.9 Å². The lowest BCUT2D eigenvalue weighted by molar-refractivity contribution is -0.122. The average molecular weight is 403 g/mol. The Morgan fingerprint density at radius 2 is 1.61 bits per heavy atom. The van der Waals surface area contributed by atoms with Crippen LogP contribution in [0.2, 0.25) is 0 Å². The monoisotopic (exact) mass is 402 g/mol. The van der Waals surface area contributed by atoms with Gasteiger partial charge in [-0.3, -0.25) is 9.10 Å². The van der Waals surface area contributed by atoms with Crippen LogP contribution in [-0.4, -0.2) is 26.6 Å². The highest BCUT2D eigenvalue weighted by molar-refractivity contribution is 7.92. The van der Waals surface area contributed by atoms with Crippen LogP contribution in [0.4, 0.5) is 5.69 Å². The molecule has 0 fully saturated rings. The second kappa shape index (κ2) is 8.78. The summed E-state index contributed by atoms with van der Waals surface area (Å²) in [5.41, 5.74) is 4.43. The molecule has 0 bridgehead atoms. The van der Waals surface area contributed by atoms with Gasteiger partial charge in [-0.05, 0) is 56.9 Å². The van der Waals surface area contributed by atoms with Gasteiger partial charge in [0, 0.05) is 0 Å². The fourth-order valence-electron chi connectivity index (χ4n) is 3.24. The maximum Gasteiger partial charge on any atom is 0.244 e. The van der Waals surface area contributed by atoms with Crippen molar-refractivity contribution in [2.24, 2.45) is 0 Å². The van der Waals surface area contributed by atoms with Gasteiger partial charge in [0.15, 0.2) is 0 Å². The number of nitrogens with one attached hydrogen (secondary N) is 1. The van der Waals surface area contributed by atoms with E-state index in [0.717, 1.165) is 28.5 Å².